The molecule has 1 heterocycles. The van der Waals surface area contributed by atoms with Gasteiger partial charge in [0.1, 0.15) is 12.6 Å². The number of carbonyl (C=O) groups is 2. The average Bonchev–Trinajstić information content (AvgIpc) is 3.45. The van der Waals surface area contributed by atoms with Gasteiger partial charge in [-0.05, 0) is 30.2 Å². The Balaban J connectivity index is 1.70. The van der Waals surface area contributed by atoms with E-state index in [1.165, 1.54) is 25.7 Å². The summed E-state index contributed by atoms with van der Waals surface area (Å²) in [7, 11) is -5.24. The molecular formula is C32H40F6N2O6S. The van der Waals surface area contributed by atoms with Gasteiger partial charge in [0.2, 0.25) is 0 Å². The van der Waals surface area contributed by atoms with E-state index in [0.717, 1.165) is 30.6 Å². The number of carbonyl (C=O) groups excluding carboxylic acids is 2. The van der Waals surface area contributed by atoms with Gasteiger partial charge in [-0.3, -0.25) is 9.69 Å². The van der Waals surface area contributed by atoms with E-state index >= 15 is 0 Å². The summed E-state index contributed by atoms with van der Waals surface area (Å²) in [6.45, 7) is 2.15. The van der Waals surface area contributed by atoms with Crippen LogP contribution in [-0.4, -0.2) is 50.6 Å². The Hall–Kier alpha value is -3.33. The third-order valence-electron chi connectivity index (χ3n) is 7.71. The molecule has 1 aliphatic rings. The van der Waals surface area contributed by atoms with E-state index in [0.29, 0.717) is 18.6 Å². The lowest BCUT2D eigenvalue weighted by atomic mass is 10.1. The summed E-state index contributed by atoms with van der Waals surface area (Å²) >= 11 is 0. The fourth-order valence-corrected chi connectivity index (χ4v) is 6.26. The second-order valence-electron chi connectivity index (χ2n) is 11.5. The molecule has 1 N–H and O–H groups in total. The Labute approximate surface area is 270 Å². The number of alkyl halides is 6. The van der Waals surface area contributed by atoms with E-state index in [1.54, 1.807) is 35.1 Å². The molecule has 0 aromatic heterocycles. The standard InChI is InChI=1S/C32H40F6N2O6S/c1-2-3-4-5-6-7-8-9-13-16-45-26-20-28(40(21-26)30(42)46-22-23-14-11-10-12-15-23)29(41)39-47(43,44)27-18-24(31(33,34)35)17-25(19-27)32(36,37)38/h10-12,14-15,17-19,26,28H,2-9,13,16,20-22H2,1H3,(H,39,41)/t26-,28+/m1/s1. The molecule has 0 unspecified atom stereocenters. The van der Waals surface area contributed by atoms with Crippen LogP contribution in [0, 0.1) is 0 Å². The Morgan fingerprint density at radius 3 is 1.96 bits per heavy atom. The third kappa shape index (κ3) is 12.0. The van der Waals surface area contributed by atoms with Gasteiger partial charge in [-0.25, -0.2) is 17.9 Å². The van der Waals surface area contributed by atoms with Crippen LogP contribution < -0.4 is 4.72 Å². The van der Waals surface area contributed by atoms with Gasteiger partial charge >= 0.3 is 18.4 Å². The van der Waals surface area contributed by atoms with Crippen LogP contribution in [0.4, 0.5) is 31.1 Å². The van der Waals surface area contributed by atoms with Crippen molar-refractivity contribution in [1.82, 2.24) is 9.62 Å². The third-order valence-corrected chi connectivity index (χ3v) is 9.04. The summed E-state index contributed by atoms with van der Waals surface area (Å²) in [4.78, 5) is 25.8. The van der Waals surface area contributed by atoms with Crippen molar-refractivity contribution in [3.8, 4) is 0 Å². The molecule has 1 saturated heterocycles. The van der Waals surface area contributed by atoms with Crippen LogP contribution in [-0.2, 0) is 43.3 Å². The van der Waals surface area contributed by atoms with Gasteiger partial charge < -0.3 is 9.47 Å². The quantitative estimate of drug-likeness (QED) is 0.142. The maximum atomic E-state index is 13.3. The van der Waals surface area contributed by atoms with Crippen LogP contribution >= 0.6 is 0 Å². The molecule has 0 spiro atoms. The molecule has 0 aliphatic carbocycles. The van der Waals surface area contributed by atoms with Gasteiger partial charge in [0.15, 0.2) is 0 Å². The minimum atomic E-state index is -5.31. The predicted molar refractivity (Wildman–Crippen MR) is 160 cm³/mol. The smallest absolute Gasteiger partial charge is 0.416 e. The first kappa shape index (κ1) is 38.1. The molecule has 1 aliphatic heterocycles. The first-order chi connectivity index (χ1) is 22.1. The summed E-state index contributed by atoms with van der Waals surface area (Å²) < 4.78 is 119. The number of benzene rings is 2. The number of rotatable bonds is 16. The molecule has 0 radical (unpaired) electrons. The van der Waals surface area contributed by atoms with Crippen LogP contribution in [0.3, 0.4) is 0 Å². The lowest BCUT2D eigenvalue weighted by molar-refractivity contribution is -0.143. The monoisotopic (exact) mass is 694 g/mol. The lowest BCUT2D eigenvalue weighted by Gasteiger charge is -2.23. The number of amides is 2. The van der Waals surface area contributed by atoms with Crippen molar-refractivity contribution in [2.75, 3.05) is 13.2 Å². The summed E-state index contributed by atoms with van der Waals surface area (Å²) in [5, 5.41) is 0. The van der Waals surface area contributed by atoms with Gasteiger partial charge in [-0.15, -0.1) is 0 Å². The Morgan fingerprint density at radius 2 is 1.40 bits per heavy atom. The molecule has 2 amide bonds. The van der Waals surface area contributed by atoms with Crippen LogP contribution in [0.5, 0.6) is 0 Å². The Morgan fingerprint density at radius 1 is 0.851 bits per heavy atom. The van der Waals surface area contributed by atoms with E-state index < -0.39 is 62.5 Å². The van der Waals surface area contributed by atoms with Crippen molar-refractivity contribution in [3.63, 3.8) is 0 Å². The highest BCUT2D eigenvalue weighted by atomic mass is 32.2. The van der Waals surface area contributed by atoms with Crippen LogP contribution in [0.1, 0.15) is 87.8 Å². The number of ether oxygens (including phenoxy) is 2. The number of halogens is 6. The van der Waals surface area contributed by atoms with Crippen molar-refractivity contribution < 1.29 is 53.8 Å². The van der Waals surface area contributed by atoms with Crippen LogP contribution in [0.25, 0.3) is 0 Å². The SMILES string of the molecule is CCCCCCCCCCCO[C@@H]1C[C@@H](C(=O)NS(=O)(=O)c2cc(C(F)(F)F)cc(C(F)(F)F)c2)N(C(=O)OCc2ccccc2)C1. The molecule has 0 bridgehead atoms. The fraction of sp³-hybridized carbons (Fsp3) is 0.562. The molecule has 15 heteroatoms. The van der Waals surface area contributed by atoms with Gasteiger partial charge in [-0.2, -0.15) is 26.3 Å². The molecule has 8 nitrogen and oxygen atoms in total. The zero-order valence-corrected chi connectivity index (χ0v) is 26.9. The zero-order chi connectivity index (χ0) is 34.7. The van der Waals surface area contributed by atoms with E-state index in [9.17, 15) is 44.3 Å². The summed E-state index contributed by atoms with van der Waals surface area (Å²) in [5.41, 5.74) is -3.10. The molecule has 47 heavy (non-hydrogen) atoms. The highest BCUT2D eigenvalue weighted by Crippen LogP contribution is 2.37. The highest BCUT2D eigenvalue weighted by molar-refractivity contribution is 7.90. The van der Waals surface area contributed by atoms with E-state index in [-0.39, 0.29) is 37.8 Å². The summed E-state index contributed by atoms with van der Waals surface area (Å²) in [6.07, 6.45) is -2.75. The van der Waals surface area contributed by atoms with Gasteiger partial charge in [0.05, 0.1) is 28.7 Å². The molecular weight excluding hydrogens is 654 g/mol. The van der Waals surface area contributed by atoms with Crippen molar-refractivity contribution in [1.29, 1.82) is 0 Å². The van der Waals surface area contributed by atoms with Crippen molar-refractivity contribution >= 4 is 22.0 Å². The van der Waals surface area contributed by atoms with Gasteiger partial charge in [0, 0.05) is 13.0 Å². The van der Waals surface area contributed by atoms with Crippen molar-refractivity contribution in [2.45, 2.75) is 107 Å². The number of nitrogens with one attached hydrogen (secondary N) is 1. The number of nitrogens with zero attached hydrogens (tertiary/aromatic N) is 1. The second kappa shape index (κ2) is 17.2. The largest absolute Gasteiger partial charge is 0.445 e. The zero-order valence-electron chi connectivity index (χ0n) is 26.0. The summed E-state index contributed by atoms with van der Waals surface area (Å²) in [6, 6.07) is 6.86. The maximum Gasteiger partial charge on any atom is 0.416 e. The van der Waals surface area contributed by atoms with E-state index in [4.69, 9.17) is 9.47 Å². The minimum absolute atomic E-state index is 0.00250. The van der Waals surface area contributed by atoms with E-state index in [1.807, 2.05) is 0 Å². The molecule has 2 aromatic rings. The Kier molecular flexibility index (Phi) is 13.9. The minimum Gasteiger partial charge on any atom is -0.445 e. The van der Waals surface area contributed by atoms with Gasteiger partial charge in [-0.1, -0.05) is 88.6 Å². The normalized spacial score (nSPS) is 17.1. The number of hydrogen-bond donors (Lipinski definition) is 1. The van der Waals surface area contributed by atoms with Crippen LogP contribution in [0.2, 0.25) is 0 Å². The predicted octanol–water partition coefficient (Wildman–Crippen LogP) is 7.86. The molecule has 0 saturated carbocycles. The average molecular weight is 695 g/mol. The second-order valence-corrected chi connectivity index (χ2v) is 13.2. The highest BCUT2D eigenvalue weighted by Gasteiger charge is 2.43. The van der Waals surface area contributed by atoms with E-state index in [2.05, 4.69) is 6.92 Å². The molecule has 3 rings (SSSR count). The first-order valence-electron chi connectivity index (χ1n) is 15.6. The van der Waals surface area contributed by atoms with Crippen LogP contribution in [0.15, 0.2) is 53.4 Å². The maximum absolute atomic E-state index is 13.3. The topological polar surface area (TPSA) is 102 Å². The summed E-state index contributed by atoms with van der Waals surface area (Å²) in [5.74, 6) is -1.33. The number of unbranched alkanes of at least 4 members (excludes halogenated alkanes) is 8. The number of likely N-dealkylation sites (tertiary alicyclic amines) is 1. The van der Waals surface area contributed by atoms with Crippen molar-refractivity contribution in [2.24, 2.45) is 0 Å². The number of hydrogen-bond acceptors (Lipinski definition) is 6. The number of sulfonamides is 1. The lowest BCUT2D eigenvalue weighted by Crippen LogP contribution is -2.47. The fourth-order valence-electron chi connectivity index (χ4n) is 5.17. The van der Waals surface area contributed by atoms with Crippen molar-refractivity contribution in [3.05, 3.63) is 65.2 Å². The molecule has 2 atom stereocenters. The first-order valence-corrected chi connectivity index (χ1v) is 17.0. The molecule has 1 fully saturated rings. The Bertz CT molecular complexity index is 1390. The molecule has 2 aromatic carbocycles. The van der Waals surface area contributed by atoms with Gasteiger partial charge in [0.25, 0.3) is 15.9 Å². The molecule has 262 valence electrons.